The number of rotatable bonds is 4. The van der Waals surface area contributed by atoms with Gasteiger partial charge in [-0.3, -0.25) is 4.79 Å². The zero-order chi connectivity index (χ0) is 41.4. The summed E-state index contributed by atoms with van der Waals surface area (Å²) in [5.41, 5.74) is 8.26. The molecule has 8 bridgehead atoms. The summed E-state index contributed by atoms with van der Waals surface area (Å²) in [6.07, 6.45) is 6.91. The fraction of sp³-hybridized carbons (Fsp3) is 0.660. The molecule has 4 aromatic heterocycles. The number of nitrogens with one attached hydrogen (secondary N) is 4. The van der Waals surface area contributed by atoms with Crippen LogP contribution < -0.4 is 0 Å². The number of fused-ring (bicyclic) bond motifs is 15. The summed E-state index contributed by atoms with van der Waals surface area (Å²) < 4.78 is 4.98. The molecule has 0 amide bonds. The molecule has 8 heteroatoms. The van der Waals surface area contributed by atoms with Crippen LogP contribution in [0, 0.1) is 46.3 Å². The van der Waals surface area contributed by atoms with Gasteiger partial charge in [0.05, 0.1) is 24.7 Å². The van der Waals surface area contributed by atoms with Gasteiger partial charge in [0.1, 0.15) is 0 Å². The molecule has 8 nitrogen and oxygen atoms in total. The number of aliphatic hydroxyl groups is 2. The number of ether oxygens (including phenoxy) is 1. The average Bonchev–Trinajstić information content (AvgIpc) is 4.02. The quantitative estimate of drug-likeness (QED) is 0.115. The Kier molecular flexibility index (Phi) is 9.13. The average molecular weight is 791 g/mol. The van der Waals surface area contributed by atoms with E-state index >= 15 is 0 Å². The lowest BCUT2D eigenvalue weighted by Crippen LogP contribution is -2.63. The van der Waals surface area contributed by atoms with Gasteiger partial charge >= 0.3 is 5.97 Å². The van der Waals surface area contributed by atoms with Gasteiger partial charge in [0.2, 0.25) is 0 Å². The largest absolute Gasteiger partial charge is 0.469 e. The lowest BCUT2D eigenvalue weighted by Gasteiger charge is -2.65. The van der Waals surface area contributed by atoms with Gasteiger partial charge in [-0.25, -0.2) is 0 Å². The highest BCUT2D eigenvalue weighted by atomic mass is 16.5. The van der Waals surface area contributed by atoms with E-state index in [0.717, 1.165) is 51.4 Å². The first-order chi connectivity index (χ1) is 27.3. The van der Waals surface area contributed by atoms with Crippen LogP contribution >= 0.6 is 0 Å². The van der Waals surface area contributed by atoms with E-state index in [1.54, 1.807) is 0 Å². The molecule has 58 heavy (non-hydrogen) atoms. The number of aromatic nitrogens is 4. The van der Waals surface area contributed by atoms with E-state index in [0.29, 0.717) is 18.3 Å². The molecule has 0 radical (unpaired) electrons. The monoisotopic (exact) mass is 791 g/mol. The molecule has 5 aliphatic rings. The minimum atomic E-state index is -0.429. The van der Waals surface area contributed by atoms with Crippen molar-refractivity contribution in [2.75, 3.05) is 7.11 Å². The Morgan fingerprint density at radius 1 is 0.690 bits per heavy atom. The molecule has 6 N–H and O–H groups in total. The molecule has 1 spiro atoms. The first kappa shape index (κ1) is 39.9. The van der Waals surface area contributed by atoms with E-state index < -0.39 is 12.2 Å². The van der Waals surface area contributed by atoms with Crippen molar-refractivity contribution in [1.29, 1.82) is 0 Å². The predicted molar refractivity (Wildman–Crippen MR) is 229 cm³/mol. The normalized spacial score (nSPS) is 35.8. The van der Waals surface area contributed by atoms with Crippen LogP contribution in [0.3, 0.4) is 0 Å². The fourth-order valence-electron chi connectivity index (χ4n) is 14.2. The Balaban J connectivity index is 1.09. The molecule has 10 atom stereocenters. The molecule has 5 heterocycles. The van der Waals surface area contributed by atoms with Crippen LogP contribution in [0.25, 0.3) is 0 Å². The van der Waals surface area contributed by atoms with Crippen molar-refractivity contribution in [3.63, 3.8) is 0 Å². The van der Waals surface area contributed by atoms with Crippen molar-refractivity contribution in [1.82, 2.24) is 19.9 Å². The third-order valence-electron chi connectivity index (χ3n) is 18.5. The Morgan fingerprint density at radius 2 is 1.16 bits per heavy atom. The highest BCUT2D eigenvalue weighted by Gasteiger charge is 2.67. The molecule has 0 aromatic carbocycles. The molecule has 314 valence electrons. The molecule has 4 fully saturated rings. The zero-order valence-electron chi connectivity index (χ0n) is 36.8. The lowest BCUT2D eigenvalue weighted by molar-refractivity contribution is -0.204. The number of aromatic amines is 4. The number of H-pyrrole nitrogens is 4. The molecule has 1 aliphatic heterocycles. The van der Waals surface area contributed by atoms with Crippen molar-refractivity contribution in [3.8, 4) is 0 Å². The van der Waals surface area contributed by atoms with E-state index in [4.69, 9.17) is 4.74 Å². The summed E-state index contributed by atoms with van der Waals surface area (Å²) in [6, 6.07) is 18.4. The molecule has 9 rings (SSSR count). The molecule has 4 aromatic rings. The number of methoxy groups -OCH3 is 1. The van der Waals surface area contributed by atoms with E-state index in [9.17, 15) is 15.0 Å². The Hall–Kier alpha value is -3.49. The van der Waals surface area contributed by atoms with Gasteiger partial charge in [-0.05, 0) is 188 Å². The maximum absolute atomic E-state index is 12.5. The number of carbonyl (C=O) groups is 1. The fourth-order valence-corrected chi connectivity index (χ4v) is 14.2. The summed E-state index contributed by atoms with van der Waals surface area (Å²) in [6.45, 7) is 20.9. The lowest BCUT2D eigenvalue weighted by atomic mass is 9.41. The highest BCUT2D eigenvalue weighted by Crippen LogP contribution is 2.70. The van der Waals surface area contributed by atoms with Crippen molar-refractivity contribution in [3.05, 3.63) is 94.1 Å². The van der Waals surface area contributed by atoms with Crippen LogP contribution in [0.2, 0.25) is 0 Å². The smallest absolute Gasteiger partial charge is 0.305 e. The predicted octanol–water partition coefficient (Wildman–Crippen LogP) is 9.77. The summed E-state index contributed by atoms with van der Waals surface area (Å²) >= 11 is 0. The number of hydrogen-bond acceptors (Lipinski definition) is 4. The second-order valence-corrected chi connectivity index (χ2v) is 22.0. The first-order valence-electron chi connectivity index (χ1n) is 22.5. The van der Waals surface area contributed by atoms with Crippen molar-refractivity contribution < 1.29 is 19.7 Å². The third-order valence-corrected chi connectivity index (χ3v) is 18.5. The van der Waals surface area contributed by atoms with Gasteiger partial charge in [0, 0.05) is 68.2 Å². The molecule has 4 saturated carbocycles. The maximum Gasteiger partial charge on any atom is 0.305 e. The molecule has 0 unspecified atom stereocenters. The Morgan fingerprint density at radius 3 is 1.64 bits per heavy atom. The highest BCUT2D eigenvalue weighted by molar-refractivity contribution is 5.69. The van der Waals surface area contributed by atoms with Crippen LogP contribution in [0.4, 0.5) is 0 Å². The standard InChI is InChI=1S/C50H70N4O4/c1-28(11-22-43(57)58-10)30-12-13-31-44-32(26-42(56)49(30,31)9)48(8)23-24-50(27-29(48)25-33(44)55)40-20-18-38(53-40)46(4,5)36-16-14-34(51-36)45(2,3)35-15-17-37(52-35)47(6,7)39-19-21-41(50)54-39/h14-21,28-33,42,44,51-56H,11-13,22-27H2,1-10H3/t28-,29-,30-,31+,32+,33-,42+,44+,48+,49-/m1/s1. The van der Waals surface area contributed by atoms with Crippen LogP contribution in [0.1, 0.15) is 166 Å². The first-order valence-corrected chi connectivity index (χ1v) is 22.5. The van der Waals surface area contributed by atoms with Gasteiger partial charge in [-0.2, -0.15) is 0 Å². The zero-order valence-corrected chi connectivity index (χ0v) is 36.8. The molecular formula is C50H70N4O4. The Labute approximate surface area is 346 Å². The van der Waals surface area contributed by atoms with E-state index in [1.165, 1.54) is 52.7 Å². The van der Waals surface area contributed by atoms with Crippen molar-refractivity contribution in [2.45, 2.75) is 154 Å². The second kappa shape index (κ2) is 13.3. The minimum Gasteiger partial charge on any atom is -0.469 e. The van der Waals surface area contributed by atoms with E-state index in [1.807, 2.05) is 0 Å². The topological polar surface area (TPSA) is 130 Å². The summed E-state index contributed by atoms with van der Waals surface area (Å²) in [5, 5.41) is 24.8. The van der Waals surface area contributed by atoms with Gasteiger partial charge in [-0.1, -0.05) is 20.8 Å². The van der Waals surface area contributed by atoms with Crippen LogP contribution in [-0.4, -0.2) is 55.4 Å². The van der Waals surface area contributed by atoms with Gasteiger partial charge in [-0.15, -0.1) is 0 Å². The van der Waals surface area contributed by atoms with Gasteiger partial charge in [0.15, 0.2) is 0 Å². The summed E-state index contributed by atoms with van der Waals surface area (Å²) in [4.78, 5) is 28.0. The van der Waals surface area contributed by atoms with Crippen LogP contribution in [0.5, 0.6) is 0 Å². The van der Waals surface area contributed by atoms with Crippen LogP contribution in [0.15, 0.2) is 48.5 Å². The maximum atomic E-state index is 12.5. The second-order valence-electron chi connectivity index (χ2n) is 22.0. The van der Waals surface area contributed by atoms with Crippen molar-refractivity contribution in [2.24, 2.45) is 46.3 Å². The van der Waals surface area contributed by atoms with Gasteiger partial charge < -0.3 is 34.9 Å². The number of esters is 1. The van der Waals surface area contributed by atoms with E-state index in [-0.39, 0.29) is 62.1 Å². The summed E-state index contributed by atoms with van der Waals surface area (Å²) in [7, 11) is 1.46. The number of aliphatic hydroxyl groups excluding tert-OH is 2. The SMILES string of the molecule is COC(=O)CC[C@@H](C)[C@H]1CC[C@H]2[C@@H]3[C@H](O)C[C@@H]4CC5(CC[C@]4(C)[C@H]3C[C@H](O)[C@]12C)c1ccc([nH]1)C(C)(C)c1ccc([nH]1)C(C)(C)c1ccc([nH]1)C(C)(C)c1ccc5[nH]1. The van der Waals surface area contributed by atoms with Crippen molar-refractivity contribution >= 4 is 5.97 Å². The molecule has 4 aliphatic carbocycles. The van der Waals surface area contributed by atoms with E-state index in [2.05, 4.69) is 131 Å². The minimum absolute atomic E-state index is 0.00121. The Bertz CT molecular complexity index is 2090. The number of hydrogen-bond donors (Lipinski definition) is 6. The van der Waals surface area contributed by atoms with Crippen LogP contribution in [-0.2, 0) is 31.2 Å². The summed E-state index contributed by atoms with van der Waals surface area (Å²) in [5.74, 6) is 1.46. The van der Waals surface area contributed by atoms with Gasteiger partial charge in [0.25, 0.3) is 0 Å². The molecular weight excluding hydrogens is 721 g/mol. The third kappa shape index (κ3) is 5.55. The number of carbonyl (C=O) groups excluding carboxylic acids is 1. The molecule has 0 saturated heterocycles.